The fraction of sp³-hybridized carbons (Fsp3) is 1.00. The van der Waals surface area contributed by atoms with E-state index in [9.17, 15) is 0 Å². The lowest BCUT2D eigenvalue weighted by atomic mass is 10.1. The summed E-state index contributed by atoms with van der Waals surface area (Å²) in [6.45, 7) is 6.74. The van der Waals surface area contributed by atoms with Crippen molar-refractivity contribution in [1.29, 1.82) is 0 Å². The average Bonchev–Trinajstić information content (AvgIpc) is 1.65. The largest absolute Gasteiger partial charge is 0.0651 e. The van der Waals surface area contributed by atoms with Gasteiger partial charge in [-0.3, -0.25) is 0 Å². The van der Waals surface area contributed by atoms with Crippen LogP contribution in [0.5, 0.6) is 0 Å². The summed E-state index contributed by atoms with van der Waals surface area (Å²) in [7, 11) is 0. The molecule has 0 aromatic carbocycles. The Morgan fingerprint density at radius 1 is 1.33 bits per heavy atom. The molecule has 0 nitrogen and oxygen atoms in total. The Balaban J connectivity index is -0.000000125. The SMILES string of the molecule is CCC(C)CC.[HH].[HH]. The third-order valence-corrected chi connectivity index (χ3v) is 1.39. The first kappa shape index (κ1) is 6.00. The molecule has 0 amide bonds. The van der Waals surface area contributed by atoms with E-state index in [1.54, 1.807) is 0 Å². The minimum Gasteiger partial charge on any atom is -0.0651 e. The van der Waals surface area contributed by atoms with Crippen LogP contribution in [-0.2, 0) is 0 Å². The Morgan fingerprint density at radius 2 is 1.67 bits per heavy atom. The zero-order chi connectivity index (χ0) is 4.99. The van der Waals surface area contributed by atoms with Crippen molar-refractivity contribution in [3.8, 4) is 0 Å². The Bertz CT molecular complexity index is 25.7. The maximum absolute atomic E-state index is 2.28. The quantitative estimate of drug-likeness (QED) is 0.489. The van der Waals surface area contributed by atoms with Gasteiger partial charge in [-0.15, -0.1) is 0 Å². The van der Waals surface area contributed by atoms with Gasteiger partial charge in [-0.25, -0.2) is 0 Å². The van der Waals surface area contributed by atoms with Crippen LogP contribution in [0.25, 0.3) is 0 Å². The van der Waals surface area contributed by atoms with Crippen molar-refractivity contribution >= 4 is 0 Å². The van der Waals surface area contributed by atoms with Gasteiger partial charge >= 0.3 is 0 Å². The molecule has 0 aromatic rings. The van der Waals surface area contributed by atoms with E-state index in [0.29, 0.717) is 0 Å². The summed E-state index contributed by atoms with van der Waals surface area (Å²) in [5.41, 5.74) is 0. The molecule has 0 heteroatoms. The average molecular weight is 90.2 g/mol. The van der Waals surface area contributed by atoms with E-state index in [1.807, 2.05) is 0 Å². The second-order valence-corrected chi connectivity index (χ2v) is 1.92. The van der Waals surface area contributed by atoms with E-state index >= 15 is 0 Å². The lowest BCUT2D eigenvalue weighted by Gasteiger charge is -1.98. The molecule has 0 atom stereocenters. The Kier molecular flexibility index (Phi) is 3.20. The summed E-state index contributed by atoms with van der Waals surface area (Å²) in [4.78, 5) is 0. The van der Waals surface area contributed by atoms with Crippen LogP contribution in [0.15, 0.2) is 0 Å². The van der Waals surface area contributed by atoms with Crippen LogP contribution in [0, 0.1) is 5.92 Å². The first-order valence-corrected chi connectivity index (χ1v) is 2.81. The van der Waals surface area contributed by atoms with Crippen LogP contribution in [-0.4, -0.2) is 0 Å². The first-order valence-electron chi connectivity index (χ1n) is 2.81. The number of rotatable bonds is 2. The Labute approximate surface area is 43.5 Å². The topological polar surface area (TPSA) is 0 Å². The Hall–Kier alpha value is 0. The molecule has 6 heavy (non-hydrogen) atoms. The normalized spacial score (nSPS) is 10.0. The fourth-order valence-electron chi connectivity index (χ4n) is 0.289. The third kappa shape index (κ3) is 2.25. The highest BCUT2D eigenvalue weighted by molar-refractivity contribution is 4.41. The molecule has 0 saturated heterocycles. The zero-order valence-corrected chi connectivity index (χ0v) is 4.99. The van der Waals surface area contributed by atoms with E-state index in [1.165, 1.54) is 12.8 Å². The molecular weight excluding hydrogens is 72.1 g/mol. The molecule has 0 N–H and O–H groups in total. The van der Waals surface area contributed by atoms with Crippen molar-refractivity contribution < 1.29 is 2.85 Å². The summed E-state index contributed by atoms with van der Waals surface area (Å²) in [6, 6.07) is 0. The van der Waals surface area contributed by atoms with Gasteiger partial charge in [0, 0.05) is 2.85 Å². The third-order valence-electron chi connectivity index (χ3n) is 1.39. The van der Waals surface area contributed by atoms with E-state index in [2.05, 4.69) is 20.8 Å². The predicted molar refractivity (Wildman–Crippen MR) is 34.0 cm³/mol. The lowest BCUT2D eigenvalue weighted by Crippen LogP contribution is -1.85. The van der Waals surface area contributed by atoms with Crippen molar-refractivity contribution in [3.05, 3.63) is 0 Å². The molecule has 0 aliphatic carbocycles. The van der Waals surface area contributed by atoms with Crippen molar-refractivity contribution in [2.75, 3.05) is 0 Å². The van der Waals surface area contributed by atoms with Crippen LogP contribution in [0.4, 0.5) is 0 Å². The van der Waals surface area contributed by atoms with Crippen LogP contribution in [0.1, 0.15) is 36.5 Å². The number of hydrogen-bond acceptors (Lipinski definition) is 0. The number of hydrogen-bond donors (Lipinski definition) is 0. The minimum absolute atomic E-state index is 0. The molecule has 0 aliphatic rings. The summed E-state index contributed by atoms with van der Waals surface area (Å²) < 4.78 is 0. The highest BCUT2D eigenvalue weighted by Gasteiger charge is 1.88. The van der Waals surface area contributed by atoms with E-state index in [0.717, 1.165) is 5.92 Å². The van der Waals surface area contributed by atoms with Crippen molar-refractivity contribution in [3.63, 3.8) is 0 Å². The Morgan fingerprint density at radius 3 is 1.67 bits per heavy atom. The molecule has 0 saturated carbocycles. The van der Waals surface area contributed by atoms with Gasteiger partial charge in [0.1, 0.15) is 0 Å². The van der Waals surface area contributed by atoms with Gasteiger partial charge < -0.3 is 0 Å². The lowest BCUT2D eigenvalue weighted by molar-refractivity contribution is 0.544. The fourth-order valence-corrected chi connectivity index (χ4v) is 0.289. The zero-order valence-electron chi connectivity index (χ0n) is 4.99. The van der Waals surface area contributed by atoms with Gasteiger partial charge in [-0.1, -0.05) is 33.6 Å². The van der Waals surface area contributed by atoms with Crippen LogP contribution in [0.3, 0.4) is 0 Å². The van der Waals surface area contributed by atoms with Crippen molar-refractivity contribution in [2.45, 2.75) is 33.6 Å². The van der Waals surface area contributed by atoms with Gasteiger partial charge in [0.2, 0.25) is 0 Å². The molecule has 0 rings (SSSR count). The standard InChI is InChI=1S/C6H14.2H2/c1-4-6(3)5-2;;/h6H,4-5H2,1-3H3;2*1H. The van der Waals surface area contributed by atoms with E-state index in [-0.39, 0.29) is 2.85 Å². The molecule has 0 heterocycles. The van der Waals surface area contributed by atoms with Crippen LogP contribution in [0.2, 0.25) is 0 Å². The van der Waals surface area contributed by atoms with E-state index in [4.69, 9.17) is 0 Å². The minimum atomic E-state index is 0. The predicted octanol–water partition coefficient (Wildman–Crippen LogP) is 2.93. The monoisotopic (exact) mass is 90.1 g/mol. The van der Waals surface area contributed by atoms with Gasteiger partial charge in [-0.2, -0.15) is 0 Å². The molecule has 0 unspecified atom stereocenters. The van der Waals surface area contributed by atoms with Gasteiger partial charge in [-0.05, 0) is 5.92 Å². The van der Waals surface area contributed by atoms with Crippen LogP contribution >= 0.6 is 0 Å². The maximum Gasteiger partial charge on any atom is 0 e. The maximum atomic E-state index is 2.28. The first-order chi connectivity index (χ1) is 2.81. The van der Waals surface area contributed by atoms with Crippen molar-refractivity contribution in [1.82, 2.24) is 0 Å². The molecule has 0 bridgehead atoms. The second-order valence-electron chi connectivity index (χ2n) is 1.92. The smallest absolute Gasteiger partial charge is 0 e. The molecular formula is C6H18. The van der Waals surface area contributed by atoms with Crippen LogP contribution < -0.4 is 0 Å². The van der Waals surface area contributed by atoms with Gasteiger partial charge in [0.25, 0.3) is 0 Å². The summed E-state index contributed by atoms with van der Waals surface area (Å²) in [6.07, 6.45) is 2.66. The van der Waals surface area contributed by atoms with Crippen molar-refractivity contribution in [2.24, 2.45) is 5.92 Å². The van der Waals surface area contributed by atoms with E-state index < -0.39 is 0 Å². The molecule has 0 spiro atoms. The second kappa shape index (κ2) is 3.20. The highest BCUT2D eigenvalue weighted by atomic mass is 13.9. The summed E-state index contributed by atoms with van der Waals surface area (Å²) in [5.74, 6) is 0.935. The molecule has 0 aliphatic heterocycles. The molecule has 42 valence electrons. The summed E-state index contributed by atoms with van der Waals surface area (Å²) in [5, 5.41) is 0. The highest BCUT2D eigenvalue weighted by Crippen LogP contribution is 2.02. The summed E-state index contributed by atoms with van der Waals surface area (Å²) >= 11 is 0. The molecule has 0 aromatic heterocycles. The van der Waals surface area contributed by atoms with Gasteiger partial charge in [0.15, 0.2) is 0 Å². The van der Waals surface area contributed by atoms with Gasteiger partial charge in [0.05, 0.1) is 0 Å². The molecule has 0 radical (unpaired) electrons. The molecule has 0 fully saturated rings.